The van der Waals surface area contributed by atoms with Gasteiger partial charge in [-0.1, -0.05) is 0 Å². The Morgan fingerprint density at radius 2 is 1.86 bits per heavy atom. The van der Waals surface area contributed by atoms with Crippen LogP contribution in [0.4, 0.5) is 14.9 Å². The average Bonchev–Trinajstić information content (AvgIpc) is 3.13. The first-order chi connectivity index (χ1) is 15.8. The Bertz CT molecular complexity index is 1410. The van der Waals surface area contributed by atoms with E-state index in [1.807, 2.05) is 0 Å². The Hall–Kier alpha value is -3.07. The number of ether oxygens (including phenoxy) is 1. The highest BCUT2D eigenvalue weighted by molar-refractivity contribution is 7.92. The zero-order valence-electron chi connectivity index (χ0n) is 19.8. The fourth-order valence-corrected chi connectivity index (χ4v) is 4.95. The van der Waals surface area contributed by atoms with Gasteiger partial charge in [0.2, 0.25) is 11.8 Å². The fraction of sp³-hybridized carbons (Fsp3) is 0.500. The quantitative estimate of drug-likeness (QED) is 0.590. The van der Waals surface area contributed by atoms with Crippen molar-refractivity contribution >= 4 is 37.4 Å². The van der Waals surface area contributed by atoms with Gasteiger partial charge in [0.15, 0.2) is 19.7 Å². The Kier molecular flexibility index (Phi) is 6.48. The number of nitrogens with one attached hydrogen (secondary N) is 2. The van der Waals surface area contributed by atoms with Crippen molar-refractivity contribution in [1.29, 1.82) is 0 Å². The van der Waals surface area contributed by atoms with Gasteiger partial charge in [-0.15, -0.1) is 10.2 Å². The second-order valence-corrected chi connectivity index (χ2v) is 14.1. The van der Waals surface area contributed by atoms with Crippen LogP contribution in [0.3, 0.4) is 0 Å². The van der Waals surface area contributed by atoms with Gasteiger partial charge in [0.1, 0.15) is 22.2 Å². The average molecular weight is 533 g/mol. The van der Waals surface area contributed by atoms with Gasteiger partial charge in [0, 0.05) is 6.26 Å². The van der Waals surface area contributed by atoms with Crippen molar-refractivity contribution in [3.05, 3.63) is 23.8 Å². The molecule has 1 atom stereocenters. The monoisotopic (exact) mass is 532 g/mol. The molecule has 0 radical (unpaired) electrons. The summed E-state index contributed by atoms with van der Waals surface area (Å²) in [7, 11) is -7.92. The van der Waals surface area contributed by atoms with Crippen molar-refractivity contribution < 1.29 is 40.0 Å². The third-order valence-corrected chi connectivity index (χ3v) is 8.96. The molecular formula is C20H25FN4O8S2. The lowest BCUT2D eigenvalue weighted by Crippen LogP contribution is -2.48. The van der Waals surface area contributed by atoms with Gasteiger partial charge >= 0.3 is 6.09 Å². The summed E-state index contributed by atoms with van der Waals surface area (Å²) >= 11 is 0. The van der Waals surface area contributed by atoms with Crippen molar-refractivity contribution in [2.24, 2.45) is 0 Å². The number of halogens is 1. The van der Waals surface area contributed by atoms with Gasteiger partial charge in [-0.25, -0.2) is 26.0 Å². The van der Waals surface area contributed by atoms with Crippen molar-refractivity contribution in [1.82, 2.24) is 15.5 Å². The van der Waals surface area contributed by atoms with E-state index < -0.39 is 70.4 Å². The molecule has 1 aliphatic rings. The molecule has 2 aromatic rings. The molecule has 1 aromatic heterocycles. The second kappa shape index (κ2) is 8.55. The summed E-state index contributed by atoms with van der Waals surface area (Å²) in [5.41, 5.74) is -1.53. The van der Waals surface area contributed by atoms with Gasteiger partial charge < -0.3 is 19.8 Å². The minimum absolute atomic E-state index is 0.276. The molecule has 2 heterocycles. The van der Waals surface area contributed by atoms with Crippen LogP contribution in [-0.4, -0.2) is 62.7 Å². The van der Waals surface area contributed by atoms with Crippen LogP contribution in [0.5, 0.6) is 0 Å². The number of amides is 2. The molecule has 0 bridgehead atoms. The predicted octanol–water partition coefficient (Wildman–Crippen LogP) is 1.77. The maximum atomic E-state index is 15.0. The highest BCUT2D eigenvalue weighted by atomic mass is 32.2. The van der Waals surface area contributed by atoms with E-state index in [9.17, 15) is 30.8 Å². The first-order valence-corrected chi connectivity index (χ1v) is 13.8. The van der Waals surface area contributed by atoms with E-state index in [1.54, 1.807) is 20.8 Å². The van der Waals surface area contributed by atoms with E-state index in [1.165, 1.54) is 13.8 Å². The van der Waals surface area contributed by atoms with Crippen LogP contribution in [0, 0.1) is 5.82 Å². The van der Waals surface area contributed by atoms with Crippen LogP contribution in [0.25, 0.3) is 11.5 Å². The standard InChI is InChI=1S/C20H25FN4O8S2/c1-19(2,3)33-18(27)23-13-9-35(30,31)14-8-11(21)10(7-12(14)22-15(13)26)16-24-25-17(32-16)20(4,5)34(6,28)29/h7-8,13H,9H2,1-6H3,(H,22,26)(H,23,27)/t13-/m0/s1. The maximum absolute atomic E-state index is 15.0. The summed E-state index contributed by atoms with van der Waals surface area (Å²) in [6.07, 6.45) is -0.0281. The Balaban J connectivity index is 1.99. The smallest absolute Gasteiger partial charge is 0.408 e. The number of rotatable bonds is 4. The van der Waals surface area contributed by atoms with Gasteiger partial charge in [-0.2, -0.15) is 0 Å². The molecular weight excluding hydrogens is 507 g/mol. The van der Waals surface area contributed by atoms with Crippen LogP contribution >= 0.6 is 0 Å². The fourth-order valence-electron chi connectivity index (χ4n) is 2.97. The van der Waals surface area contributed by atoms with Crippen molar-refractivity contribution in [2.45, 2.75) is 55.9 Å². The molecule has 2 amide bonds. The molecule has 0 saturated heterocycles. The molecule has 15 heteroatoms. The maximum Gasteiger partial charge on any atom is 0.408 e. The van der Waals surface area contributed by atoms with E-state index in [4.69, 9.17) is 9.15 Å². The molecule has 0 saturated carbocycles. The van der Waals surface area contributed by atoms with E-state index in [-0.39, 0.29) is 17.1 Å². The molecule has 12 nitrogen and oxygen atoms in total. The number of hydrogen-bond acceptors (Lipinski definition) is 10. The SMILES string of the molecule is CC(C)(C)OC(=O)N[C@H]1CS(=O)(=O)c2cc(F)c(-c3nnc(C(C)(C)S(C)(=O)=O)o3)cc2NC1=O. The molecule has 35 heavy (non-hydrogen) atoms. The lowest BCUT2D eigenvalue weighted by Gasteiger charge is -2.22. The number of hydrogen-bond donors (Lipinski definition) is 2. The third kappa shape index (κ3) is 5.45. The minimum atomic E-state index is -4.25. The van der Waals surface area contributed by atoms with E-state index in [0.29, 0.717) is 6.07 Å². The number of nitrogens with zero attached hydrogens (tertiary/aromatic N) is 2. The van der Waals surface area contributed by atoms with Crippen LogP contribution in [0.1, 0.15) is 40.5 Å². The van der Waals surface area contributed by atoms with Crippen LogP contribution < -0.4 is 10.6 Å². The van der Waals surface area contributed by atoms with Crippen molar-refractivity contribution in [3.8, 4) is 11.5 Å². The summed E-state index contributed by atoms with van der Waals surface area (Å²) < 4.78 is 73.7. The number of benzene rings is 1. The molecule has 0 aliphatic carbocycles. The van der Waals surface area contributed by atoms with Gasteiger partial charge in [0.05, 0.1) is 21.9 Å². The Labute approximate surface area is 201 Å². The first-order valence-electron chi connectivity index (χ1n) is 10.2. The van der Waals surface area contributed by atoms with Crippen LogP contribution in [0.15, 0.2) is 21.4 Å². The van der Waals surface area contributed by atoms with E-state index >= 15 is 0 Å². The van der Waals surface area contributed by atoms with Gasteiger partial charge in [-0.3, -0.25) is 4.79 Å². The zero-order valence-corrected chi connectivity index (χ0v) is 21.4. The Morgan fingerprint density at radius 1 is 1.23 bits per heavy atom. The number of carbonyl (C=O) groups is 2. The largest absolute Gasteiger partial charge is 0.444 e. The molecule has 2 N–H and O–H groups in total. The number of aromatic nitrogens is 2. The van der Waals surface area contributed by atoms with Crippen LogP contribution in [-0.2, 0) is 34.0 Å². The zero-order chi connectivity index (χ0) is 26.6. The first kappa shape index (κ1) is 26.5. The lowest BCUT2D eigenvalue weighted by atomic mass is 10.1. The number of carbonyl (C=O) groups excluding carboxylic acids is 2. The Morgan fingerprint density at radius 3 is 2.43 bits per heavy atom. The number of alkyl carbamates (subject to hydrolysis) is 1. The van der Waals surface area contributed by atoms with Crippen molar-refractivity contribution in [2.75, 3.05) is 17.3 Å². The van der Waals surface area contributed by atoms with E-state index in [0.717, 1.165) is 12.3 Å². The summed E-state index contributed by atoms with van der Waals surface area (Å²) in [6.45, 7) is 7.44. The summed E-state index contributed by atoms with van der Waals surface area (Å²) in [4.78, 5) is 24.2. The summed E-state index contributed by atoms with van der Waals surface area (Å²) in [6, 6.07) is 0.155. The minimum Gasteiger partial charge on any atom is -0.444 e. The molecule has 1 aliphatic heterocycles. The number of sulfone groups is 2. The molecule has 0 unspecified atom stereocenters. The molecule has 192 valence electrons. The normalized spacial score (nSPS) is 18.3. The highest BCUT2D eigenvalue weighted by Crippen LogP contribution is 2.35. The van der Waals surface area contributed by atoms with E-state index in [2.05, 4.69) is 20.8 Å². The predicted molar refractivity (Wildman–Crippen MR) is 121 cm³/mol. The van der Waals surface area contributed by atoms with Gasteiger partial charge in [-0.05, 0) is 46.8 Å². The third-order valence-electron chi connectivity index (χ3n) is 5.15. The number of fused-ring (bicyclic) bond motifs is 1. The lowest BCUT2D eigenvalue weighted by molar-refractivity contribution is -0.117. The highest BCUT2D eigenvalue weighted by Gasteiger charge is 2.39. The molecule has 0 fully saturated rings. The molecule has 0 spiro atoms. The van der Waals surface area contributed by atoms with Gasteiger partial charge in [0.25, 0.3) is 5.89 Å². The number of anilines is 1. The topological polar surface area (TPSA) is 175 Å². The van der Waals surface area contributed by atoms with Crippen molar-refractivity contribution in [3.63, 3.8) is 0 Å². The summed E-state index contributed by atoms with van der Waals surface area (Å²) in [5, 5.41) is 11.9. The molecule has 1 aromatic carbocycles. The summed E-state index contributed by atoms with van der Waals surface area (Å²) in [5.74, 6) is -3.50. The second-order valence-electron chi connectivity index (χ2n) is 9.49. The van der Waals surface area contributed by atoms with Crippen LogP contribution in [0.2, 0.25) is 0 Å². The molecule has 3 rings (SSSR count).